The summed E-state index contributed by atoms with van der Waals surface area (Å²) in [6, 6.07) is 13.2. The minimum atomic E-state index is -0.0269. The monoisotopic (exact) mass is 432 g/mol. The molecule has 1 aliphatic carbocycles. The van der Waals surface area contributed by atoms with Crippen molar-refractivity contribution in [3.8, 4) is 11.4 Å². The molecule has 1 atom stereocenters. The van der Waals surface area contributed by atoms with Gasteiger partial charge in [-0.1, -0.05) is 22.8 Å². The molecule has 1 amide bonds. The van der Waals surface area contributed by atoms with E-state index in [2.05, 4.69) is 15.5 Å². The number of hydrogen-bond acceptors (Lipinski definition) is 5. The fourth-order valence-corrected chi connectivity index (χ4v) is 3.67. The zero-order valence-corrected chi connectivity index (χ0v) is 17.3. The molecule has 0 fully saturated rings. The molecule has 0 saturated heterocycles. The van der Waals surface area contributed by atoms with Crippen LogP contribution in [0.1, 0.15) is 42.3 Å². The van der Waals surface area contributed by atoms with Gasteiger partial charge in [0.1, 0.15) is 0 Å². The predicted molar refractivity (Wildman–Crippen MR) is 115 cm³/mol. The number of nitrogen functional groups attached to an aromatic ring is 1. The van der Waals surface area contributed by atoms with E-state index >= 15 is 0 Å². The van der Waals surface area contributed by atoms with Gasteiger partial charge in [-0.15, -0.1) is 12.4 Å². The second-order valence-corrected chi connectivity index (χ2v) is 7.43. The van der Waals surface area contributed by atoms with E-state index in [1.54, 1.807) is 12.1 Å². The number of anilines is 1. The van der Waals surface area contributed by atoms with Crippen LogP contribution in [0, 0.1) is 0 Å². The molecule has 0 spiro atoms. The summed E-state index contributed by atoms with van der Waals surface area (Å²) in [5.74, 6) is 0.906. The maximum Gasteiger partial charge on any atom is 0.227 e. The molecule has 8 heteroatoms. The van der Waals surface area contributed by atoms with E-state index < -0.39 is 0 Å². The van der Waals surface area contributed by atoms with Crippen molar-refractivity contribution in [1.29, 1.82) is 0 Å². The third-order valence-corrected chi connectivity index (χ3v) is 5.20. The van der Waals surface area contributed by atoms with Crippen LogP contribution >= 0.6 is 24.0 Å². The van der Waals surface area contributed by atoms with Crippen LogP contribution in [0.15, 0.2) is 47.0 Å². The van der Waals surface area contributed by atoms with E-state index in [9.17, 15) is 4.79 Å². The van der Waals surface area contributed by atoms with Crippen LogP contribution < -0.4 is 11.1 Å². The average Bonchev–Trinajstić information content (AvgIpc) is 3.16. The molecule has 1 heterocycles. The highest BCUT2D eigenvalue weighted by Crippen LogP contribution is 2.31. The molecule has 0 aliphatic heterocycles. The third kappa shape index (κ3) is 5.08. The Bertz CT molecular complexity index is 989. The van der Waals surface area contributed by atoms with Crippen LogP contribution in [-0.2, 0) is 17.6 Å². The lowest BCUT2D eigenvalue weighted by Gasteiger charge is -2.26. The number of amides is 1. The van der Waals surface area contributed by atoms with E-state index in [4.69, 9.17) is 21.9 Å². The minimum absolute atomic E-state index is 0. The van der Waals surface area contributed by atoms with E-state index in [-0.39, 0.29) is 24.4 Å². The molecule has 0 saturated carbocycles. The summed E-state index contributed by atoms with van der Waals surface area (Å²) in [4.78, 5) is 16.8. The maximum atomic E-state index is 12.4. The normalized spacial score (nSPS) is 15.3. The number of rotatable bonds is 5. The van der Waals surface area contributed by atoms with Gasteiger partial charge in [-0.05, 0) is 66.8 Å². The predicted octanol–water partition coefficient (Wildman–Crippen LogP) is 4.52. The molecule has 1 aliphatic rings. The molecule has 3 N–H and O–H groups in total. The molecule has 6 nitrogen and oxygen atoms in total. The molecule has 29 heavy (non-hydrogen) atoms. The van der Waals surface area contributed by atoms with Crippen LogP contribution in [-0.4, -0.2) is 16.0 Å². The second-order valence-electron chi connectivity index (χ2n) is 6.99. The van der Waals surface area contributed by atoms with Crippen LogP contribution in [0.3, 0.4) is 0 Å². The number of nitrogens with two attached hydrogens (primary N) is 1. The number of halogens is 2. The Hall–Kier alpha value is -2.57. The number of hydrogen-bond donors (Lipinski definition) is 2. The molecule has 1 unspecified atom stereocenters. The zero-order valence-electron chi connectivity index (χ0n) is 15.7. The summed E-state index contributed by atoms with van der Waals surface area (Å²) in [6.45, 7) is 0. The third-order valence-electron chi connectivity index (χ3n) is 4.95. The summed E-state index contributed by atoms with van der Waals surface area (Å²) < 4.78 is 5.27. The Labute approximate surface area is 180 Å². The Morgan fingerprint density at radius 3 is 2.83 bits per heavy atom. The Morgan fingerprint density at radius 1 is 1.24 bits per heavy atom. The quantitative estimate of drug-likeness (QED) is 0.577. The Kier molecular flexibility index (Phi) is 6.77. The van der Waals surface area contributed by atoms with Gasteiger partial charge in [0, 0.05) is 29.1 Å². The molecule has 1 aromatic heterocycles. The van der Waals surface area contributed by atoms with Crippen molar-refractivity contribution in [2.24, 2.45) is 0 Å². The lowest BCUT2D eigenvalue weighted by molar-refractivity contribution is -0.122. The summed E-state index contributed by atoms with van der Waals surface area (Å²) in [5, 5.41) is 7.75. The van der Waals surface area contributed by atoms with Gasteiger partial charge in [-0.3, -0.25) is 4.79 Å². The highest BCUT2D eigenvalue weighted by atomic mass is 35.5. The average molecular weight is 433 g/mol. The molecule has 0 bridgehead atoms. The molecule has 2 aromatic carbocycles. The number of carbonyl (C=O) groups is 1. The Morgan fingerprint density at radius 2 is 2.03 bits per heavy atom. The second kappa shape index (κ2) is 9.29. The van der Waals surface area contributed by atoms with Crippen molar-refractivity contribution in [3.63, 3.8) is 0 Å². The molecular weight excluding hydrogens is 411 g/mol. The first-order valence-corrected chi connectivity index (χ1v) is 9.72. The number of aromatic nitrogens is 2. The number of nitrogens with zero attached hydrogens (tertiary/aromatic N) is 2. The van der Waals surface area contributed by atoms with Crippen molar-refractivity contribution in [1.82, 2.24) is 15.5 Å². The first kappa shape index (κ1) is 21.1. The Balaban J connectivity index is 0.00000240. The summed E-state index contributed by atoms with van der Waals surface area (Å²) in [6.07, 6.45) is 3.67. The lowest BCUT2D eigenvalue weighted by atomic mass is 9.87. The molecule has 0 radical (unpaired) electrons. The highest BCUT2D eigenvalue weighted by Gasteiger charge is 2.22. The zero-order chi connectivity index (χ0) is 19.5. The molecule has 152 valence electrons. The summed E-state index contributed by atoms with van der Waals surface area (Å²) >= 11 is 5.89. The van der Waals surface area contributed by atoms with Gasteiger partial charge in [0.2, 0.25) is 17.6 Å². The molecule has 4 rings (SSSR count). The van der Waals surface area contributed by atoms with Crippen molar-refractivity contribution in [2.75, 3.05) is 5.73 Å². The minimum Gasteiger partial charge on any atom is -0.399 e. The smallest absolute Gasteiger partial charge is 0.227 e. The van der Waals surface area contributed by atoms with Gasteiger partial charge in [-0.25, -0.2) is 0 Å². The standard InChI is InChI=1S/C21H21ClN4O2.ClH/c22-15-6-4-13(5-7-15)21-25-20(28-26-21)11-10-19(27)24-18-3-1-2-14-12-16(23)8-9-17(14)18;/h4-9,12,18H,1-3,10-11,23H2,(H,24,27);1H. The first-order valence-electron chi connectivity index (χ1n) is 9.34. The van der Waals surface area contributed by atoms with Gasteiger partial charge < -0.3 is 15.6 Å². The van der Waals surface area contributed by atoms with E-state index in [0.29, 0.717) is 29.6 Å². The van der Waals surface area contributed by atoms with Crippen LogP contribution in [0.4, 0.5) is 5.69 Å². The fraction of sp³-hybridized carbons (Fsp3) is 0.286. The first-order chi connectivity index (χ1) is 13.6. The largest absolute Gasteiger partial charge is 0.399 e. The number of benzene rings is 2. The molecular formula is C21H22Cl2N4O2. The van der Waals surface area contributed by atoms with E-state index in [1.165, 1.54) is 5.56 Å². The number of fused-ring (bicyclic) bond motifs is 1. The van der Waals surface area contributed by atoms with E-state index in [1.807, 2.05) is 30.3 Å². The van der Waals surface area contributed by atoms with E-state index in [0.717, 1.165) is 36.1 Å². The van der Waals surface area contributed by atoms with Crippen molar-refractivity contribution < 1.29 is 9.32 Å². The van der Waals surface area contributed by atoms with Gasteiger partial charge in [0.05, 0.1) is 6.04 Å². The van der Waals surface area contributed by atoms with Crippen LogP contribution in [0.25, 0.3) is 11.4 Å². The maximum absolute atomic E-state index is 12.4. The van der Waals surface area contributed by atoms with Gasteiger partial charge in [0.15, 0.2) is 0 Å². The van der Waals surface area contributed by atoms with Gasteiger partial charge in [0.25, 0.3) is 0 Å². The van der Waals surface area contributed by atoms with Gasteiger partial charge in [-0.2, -0.15) is 4.98 Å². The van der Waals surface area contributed by atoms with Gasteiger partial charge >= 0.3 is 0 Å². The van der Waals surface area contributed by atoms with Crippen molar-refractivity contribution >= 4 is 35.6 Å². The lowest BCUT2D eigenvalue weighted by Crippen LogP contribution is -2.31. The SMILES string of the molecule is Cl.Nc1ccc2c(c1)CCCC2NC(=O)CCc1nc(-c2ccc(Cl)cc2)no1. The van der Waals surface area contributed by atoms with Crippen molar-refractivity contribution in [3.05, 3.63) is 64.5 Å². The summed E-state index contributed by atoms with van der Waals surface area (Å²) in [5.41, 5.74) is 9.85. The van der Waals surface area contributed by atoms with Crippen LogP contribution in [0.2, 0.25) is 5.02 Å². The number of aryl methyl sites for hydroxylation is 2. The molecule has 3 aromatic rings. The fourth-order valence-electron chi connectivity index (χ4n) is 3.54. The van der Waals surface area contributed by atoms with Crippen molar-refractivity contribution in [2.45, 2.75) is 38.1 Å². The topological polar surface area (TPSA) is 94.0 Å². The number of carbonyl (C=O) groups excluding carboxylic acids is 1. The van der Waals surface area contributed by atoms with Crippen LogP contribution in [0.5, 0.6) is 0 Å². The summed E-state index contributed by atoms with van der Waals surface area (Å²) in [7, 11) is 0. The highest BCUT2D eigenvalue weighted by molar-refractivity contribution is 6.30. The number of nitrogens with one attached hydrogen (secondary N) is 1.